The van der Waals surface area contributed by atoms with Gasteiger partial charge in [0.15, 0.2) is 0 Å². The molecule has 1 rings (SSSR count). The predicted octanol–water partition coefficient (Wildman–Crippen LogP) is -0.915. The molecular weight excluding hydrogens is 47.6 g/mol. The van der Waals surface area contributed by atoms with E-state index in [9.17, 15) is 0 Å². The molecule has 0 N–H and O–H groups in total. The third kappa shape index (κ3) is 0.194. The maximum atomic E-state index is 2.00. The van der Waals surface area contributed by atoms with E-state index in [2.05, 4.69) is 0 Å². The molecule has 1 aliphatic rings. The van der Waals surface area contributed by atoms with Gasteiger partial charge >= 0.3 is 25.6 Å². The molecule has 1 aliphatic heterocycles. The molecule has 0 amide bonds. The van der Waals surface area contributed by atoms with E-state index in [1.165, 1.54) is 0 Å². The topological polar surface area (TPSA) is 3.01 Å². The fourth-order valence-electron chi connectivity index (χ4n) is 0.0667. The molecule has 0 radical (unpaired) electrons. The van der Waals surface area contributed by atoms with E-state index in [-0.39, 0.29) is 0 Å². The van der Waals surface area contributed by atoms with E-state index in [1.807, 2.05) is 25.6 Å². The summed E-state index contributed by atoms with van der Waals surface area (Å²) in [4.78, 5) is 0. The van der Waals surface area contributed by atoms with Gasteiger partial charge in [-0.3, -0.25) is 0 Å². The molecule has 0 spiro atoms. The normalized spacial score (nSPS) is 13.8. The maximum absolute atomic E-state index is 2.00. The van der Waals surface area contributed by atoms with Gasteiger partial charge in [0.1, 0.15) is 0 Å². The summed E-state index contributed by atoms with van der Waals surface area (Å²) in [6, 6.07) is 0. The van der Waals surface area contributed by atoms with E-state index in [0.717, 1.165) is 0 Å². The summed E-state index contributed by atoms with van der Waals surface area (Å²) >= 11 is 0. The van der Waals surface area contributed by atoms with Crippen LogP contribution in [0.4, 0.5) is 0 Å². The summed E-state index contributed by atoms with van der Waals surface area (Å²) in [5.41, 5.74) is 0. The van der Waals surface area contributed by atoms with Crippen LogP contribution < -0.4 is 0 Å². The minimum absolute atomic E-state index is 2.00. The first-order valence-electron chi connectivity index (χ1n) is 1.30. The molecule has 1 nitrogen and oxygen atoms in total. The molecule has 1 heterocycles. The SMILES string of the molecule is CN1B=B1. The second kappa shape index (κ2) is 0.449. The quantitative estimate of drug-likeness (QED) is 0.321. The Morgan fingerprint density at radius 3 is 1.75 bits per heavy atom. The summed E-state index contributed by atoms with van der Waals surface area (Å²) in [6.45, 7) is 4.00. The van der Waals surface area contributed by atoms with Gasteiger partial charge in [0.2, 0.25) is 0 Å². The molecule has 0 atom stereocenters. The number of rotatable bonds is 0. The van der Waals surface area contributed by atoms with Gasteiger partial charge in [0.25, 0.3) is 0 Å². The van der Waals surface area contributed by atoms with Crippen molar-refractivity contribution in [2.75, 3.05) is 7.05 Å². The van der Waals surface area contributed by atoms with Crippen molar-refractivity contribution in [3.05, 3.63) is 0 Å². The van der Waals surface area contributed by atoms with Gasteiger partial charge in [-0.1, -0.05) is 0 Å². The molecule has 3 heteroatoms. The summed E-state index contributed by atoms with van der Waals surface area (Å²) < 4.78 is 2.00. The van der Waals surface area contributed by atoms with Gasteiger partial charge in [0, 0.05) is 0 Å². The van der Waals surface area contributed by atoms with Crippen molar-refractivity contribution in [3.8, 4) is 0 Å². The van der Waals surface area contributed by atoms with Gasteiger partial charge in [-0.05, 0) is 0 Å². The average Bonchev–Trinajstić information content (AvgIpc) is 1.75. The van der Waals surface area contributed by atoms with Gasteiger partial charge in [0.05, 0.1) is 0 Å². The van der Waals surface area contributed by atoms with Crippen molar-refractivity contribution >= 4 is 13.9 Å². The van der Waals surface area contributed by atoms with Gasteiger partial charge in [-0.25, -0.2) is 0 Å². The Labute approximate surface area is 26.8 Å². The van der Waals surface area contributed by atoms with Crippen LogP contribution in [0, 0.1) is 0 Å². The summed E-state index contributed by atoms with van der Waals surface area (Å²) in [7, 11) is 2.00. The summed E-state index contributed by atoms with van der Waals surface area (Å²) in [6.07, 6.45) is 0. The van der Waals surface area contributed by atoms with Crippen LogP contribution in [0.1, 0.15) is 0 Å². The van der Waals surface area contributed by atoms with Crippen molar-refractivity contribution in [1.29, 1.82) is 0 Å². The molecule has 18 valence electrons. The van der Waals surface area contributed by atoms with Crippen LogP contribution >= 0.6 is 0 Å². The Bertz CT molecular complexity index is 44.0. The molecule has 0 saturated carbocycles. The molecule has 0 saturated heterocycles. The molecule has 0 unspecified atom stereocenters. The first-order valence-corrected chi connectivity index (χ1v) is 1.30. The second-order valence-corrected chi connectivity index (χ2v) is 0.964. The zero-order valence-electron chi connectivity index (χ0n) is 2.60. The number of hydrogen-bond donors (Lipinski definition) is 0. The molecule has 4 heavy (non-hydrogen) atoms. The number of nitrogens with zero attached hydrogens (tertiary/aromatic N) is 1. The zero-order valence-corrected chi connectivity index (χ0v) is 2.60. The van der Waals surface area contributed by atoms with Crippen LogP contribution in [0.2, 0.25) is 0 Å². The molecular formula is CH3B2N. The number of hydrogen-bond acceptors (Lipinski definition) is 1. The van der Waals surface area contributed by atoms with Crippen LogP contribution in [0.25, 0.3) is 0 Å². The third-order valence-electron chi connectivity index (χ3n) is 0.447. The van der Waals surface area contributed by atoms with Crippen molar-refractivity contribution in [2.24, 2.45) is 0 Å². The fourth-order valence-corrected chi connectivity index (χ4v) is 0.0667. The standard InChI is InChI=1S/CH3B2N/c1-4-2-3-4/h1H3. The molecule has 0 aromatic heterocycles. The molecule has 0 fully saturated rings. The van der Waals surface area contributed by atoms with E-state index in [1.54, 1.807) is 0 Å². The van der Waals surface area contributed by atoms with Crippen molar-refractivity contribution in [3.63, 3.8) is 0 Å². The van der Waals surface area contributed by atoms with Crippen LogP contribution in [-0.2, 0) is 0 Å². The Balaban J connectivity index is 2.32. The average molecular weight is 50.7 g/mol. The Hall–Kier alpha value is -0.0701. The van der Waals surface area contributed by atoms with E-state index < -0.39 is 0 Å². The summed E-state index contributed by atoms with van der Waals surface area (Å²) in [5, 5.41) is 0. The molecule has 0 aromatic rings. The second-order valence-electron chi connectivity index (χ2n) is 0.964. The molecule has 0 aromatic carbocycles. The minimum atomic E-state index is 2.00. The van der Waals surface area contributed by atoms with Crippen molar-refractivity contribution in [1.82, 2.24) is 4.72 Å². The molecule has 0 aliphatic carbocycles. The predicted molar refractivity (Wildman–Crippen MR) is 19.3 cm³/mol. The van der Waals surface area contributed by atoms with E-state index >= 15 is 0 Å². The van der Waals surface area contributed by atoms with Gasteiger partial charge < -0.3 is 0 Å². The van der Waals surface area contributed by atoms with Gasteiger partial charge in [-0.2, -0.15) is 0 Å². The van der Waals surface area contributed by atoms with E-state index in [0.29, 0.717) is 0 Å². The van der Waals surface area contributed by atoms with Crippen LogP contribution in [0.5, 0.6) is 0 Å². The van der Waals surface area contributed by atoms with Crippen LogP contribution in [0.3, 0.4) is 0 Å². The van der Waals surface area contributed by atoms with Crippen molar-refractivity contribution in [2.45, 2.75) is 0 Å². The van der Waals surface area contributed by atoms with E-state index in [4.69, 9.17) is 0 Å². The Morgan fingerprint density at radius 2 is 1.75 bits per heavy atom. The molecule has 0 bridgehead atoms. The Kier molecular flexibility index (Phi) is 0.245. The van der Waals surface area contributed by atoms with Crippen molar-refractivity contribution < 1.29 is 0 Å². The Morgan fingerprint density at radius 1 is 1.50 bits per heavy atom. The zero-order chi connectivity index (χ0) is 2.99. The van der Waals surface area contributed by atoms with Crippen LogP contribution in [0.15, 0.2) is 0 Å². The van der Waals surface area contributed by atoms with Gasteiger partial charge in [-0.15, -0.1) is 0 Å². The first-order chi connectivity index (χ1) is 1.89. The summed E-state index contributed by atoms with van der Waals surface area (Å²) in [5.74, 6) is 0. The van der Waals surface area contributed by atoms with Crippen LogP contribution in [-0.4, -0.2) is 25.6 Å². The first kappa shape index (κ1) is 2.18. The fraction of sp³-hybridized carbons (Fsp3) is 1.00. The third-order valence-corrected chi connectivity index (χ3v) is 0.447. The monoisotopic (exact) mass is 51.0 g/mol.